The smallest absolute Gasteiger partial charge is 0.296 e. The van der Waals surface area contributed by atoms with Crippen molar-refractivity contribution in [2.45, 2.75) is 21.2 Å². The van der Waals surface area contributed by atoms with E-state index in [0.29, 0.717) is 6.54 Å². The van der Waals surface area contributed by atoms with Crippen LogP contribution >= 0.6 is 0 Å². The van der Waals surface area contributed by atoms with Crippen molar-refractivity contribution >= 4 is 69.3 Å². The number of anilines is 1. The average Bonchev–Trinajstić information content (AvgIpc) is 2.95. The first kappa shape index (κ1) is 32.3. The van der Waals surface area contributed by atoms with Gasteiger partial charge in [-0.2, -0.15) is 27.1 Å². The van der Waals surface area contributed by atoms with E-state index in [1.165, 1.54) is 24.3 Å². The largest absolute Gasteiger partial charge is 0.505 e. The lowest BCUT2D eigenvalue weighted by Crippen LogP contribution is -2.04. The number of nitrogens with zero attached hydrogens (tertiary/aromatic N) is 4. The van der Waals surface area contributed by atoms with Gasteiger partial charge < -0.3 is 16.2 Å². The molecule has 0 aliphatic heterocycles. The van der Waals surface area contributed by atoms with Crippen molar-refractivity contribution in [3.05, 3.63) is 78.2 Å². The molecule has 0 heterocycles. The number of benzene rings is 4. The van der Waals surface area contributed by atoms with E-state index in [4.69, 9.17) is 5.73 Å². The van der Waals surface area contributed by atoms with Crippen LogP contribution in [0.25, 0.3) is 10.8 Å². The molecule has 0 unspecified atom stereocenters. The molecule has 44 heavy (non-hydrogen) atoms. The summed E-state index contributed by atoms with van der Waals surface area (Å²) in [5.74, 6) is -0.903. The topological polar surface area (TPSA) is 251 Å². The van der Waals surface area contributed by atoms with Crippen molar-refractivity contribution in [3.8, 4) is 5.75 Å². The summed E-state index contributed by atoms with van der Waals surface area (Å²) in [5, 5.41) is 29.7. The zero-order chi connectivity index (χ0) is 32.4. The van der Waals surface area contributed by atoms with Gasteiger partial charge in [0.05, 0.1) is 27.3 Å². The standard InChI is InChI=1S/C26H24N6O9S3/c1-3-42(34,35)19-9-7-17(8-10-19)29-31-24-20(43(36,37)38)12-16-13-21(44(39,40)41)25(26(33)22(16)23(24)27)32-30-18-6-4-5-15(11-18)14-28-2/h3-13,28,33H,1,14,27H2,2H3,(H,36,37,38)(H,39,40,41). The molecule has 0 saturated heterocycles. The first-order chi connectivity index (χ1) is 20.6. The van der Waals surface area contributed by atoms with E-state index in [-0.39, 0.29) is 27.0 Å². The van der Waals surface area contributed by atoms with Gasteiger partial charge in [0.25, 0.3) is 20.2 Å². The molecule has 4 aromatic carbocycles. The number of phenols is 1. The number of rotatable bonds is 10. The fourth-order valence-electron chi connectivity index (χ4n) is 4.05. The van der Waals surface area contributed by atoms with E-state index in [1.54, 1.807) is 31.3 Å². The molecule has 0 saturated carbocycles. The fraction of sp³-hybridized carbons (Fsp3) is 0.0769. The van der Waals surface area contributed by atoms with Gasteiger partial charge in [0, 0.05) is 12.0 Å². The number of azo groups is 2. The van der Waals surface area contributed by atoms with Gasteiger partial charge in [-0.3, -0.25) is 9.11 Å². The van der Waals surface area contributed by atoms with Gasteiger partial charge in [0.1, 0.15) is 21.2 Å². The highest BCUT2D eigenvalue weighted by Gasteiger charge is 2.28. The first-order valence-electron chi connectivity index (χ1n) is 12.2. The number of phenolic OH excluding ortho intramolecular Hbond substituents is 1. The highest BCUT2D eigenvalue weighted by atomic mass is 32.2. The SMILES string of the molecule is C=CS(=O)(=O)c1ccc(N=Nc2c(S(=O)(=O)O)cc3cc(S(=O)(=O)O)c(N=Nc4cccc(CNC)c4)c(O)c3c2N)cc1. The van der Waals surface area contributed by atoms with Crippen LogP contribution in [0.4, 0.5) is 28.4 Å². The van der Waals surface area contributed by atoms with Crippen LogP contribution in [0, 0.1) is 0 Å². The number of sulfone groups is 1. The highest BCUT2D eigenvalue weighted by Crippen LogP contribution is 2.48. The molecule has 15 nitrogen and oxygen atoms in total. The number of fused-ring (bicyclic) bond motifs is 1. The maximum atomic E-state index is 12.3. The molecule has 230 valence electrons. The van der Waals surface area contributed by atoms with Crippen LogP contribution in [0.2, 0.25) is 0 Å². The predicted octanol–water partition coefficient (Wildman–Crippen LogP) is 5.09. The Kier molecular flexibility index (Phi) is 8.95. The monoisotopic (exact) mass is 660 g/mol. The second-order valence-electron chi connectivity index (χ2n) is 9.06. The average molecular weight is 661 g/mol. The lowest BCUT2D eigenvalue weighted by Gasteiger charge is -2.14. The molecule has 0 aliphatic carbocycles. The summed E-state index contributed by atoms with van der Waals surface area (Å²) in [4.78, 5) is -1.93. The fourth-order valence-corrected chi connectivity index (χ4v) is 6.09. The number of aromatic hydroxyl groups is 1. The van der Waals surface area contributed by atoms with Gasteiger partial charge in [0.15, 0.2) is 15.6 Å². The van der Waals surface area contributed by atoms with E-state index in [0.717, 1.165) is 23.1 Å². The molecule has 0 radical (unpaired) electrons. The van der Waals surface area contributed by atoms with Crippen LogP contribution in [0.5, 0.6) is 5.75 Å². The van der Waals surface area contributed by atoms with Gasteiger partial charge in [-0.15, -0.1) is 10.2 Å². The Morgan fingerprint density at radius 1 is 0.818 bits per heavy atom. The third kappa shape index (κ3) is 6.80. The number of hydrogen-bond acceptors (Lipinski definition) is 13. The van der Waals surface area contributed by atoms with Crippen molar-refractivity contribution in [3.63, 3.8) is 0 Å². The van der Waals surface area contributed by atoms with Crippen LogP contribution in [-0.4, -0.2) is 46.5 Å². The molecule has 4 rings (SSSR count). The van der Waals surface area contributed by atoms with Gasteiger partial charge in [-0.25, -0.2) is 8.42 Å². The number of nitrogens with two attached hydrogens (primary N) is 1. The summed E-state index contributed by atoms with van der Waals surface area (Å²) in [6, 6.07) is 13.1. The second kappa shape index (κ2) is 12.2. The van der Waals surface area contributed by atoms with Crippen molar-refractivity contribution in [1.82, 2.24) is 5.32 Å². The molecular formula is C26H24N6O9S3. The molecule has 0 amide bonds. The van der Waals surface area contributed by atoms with Crippen LogP contribution in [0.3, 0.4) is 0 Å². The Labute approximate surface area is 251 Å². The second-order valence-corrected chi connectivity index (χ2v) is 13.7. The van der Waals surface area contributed by atoms with Crippen molar-refractivity contribution in [2.24, 2.45) is 20.5 Å². The third-order valence-corrected chi connectivity index (χ3v) is 9.18. The first-order valence-corrected chi connectivity index (χ1v) is 16.6. The van der Waals surface area contributed by atoms with E-state index in [2.05, 4.69) is 32.4 Å². The Bertz CT molecular complexity index is 2180. The lowest BCUT2D eigenvalue weighted by molar-refractivity contribution is 0.472. The van der Waals surface area contributed by atoms with Crippen LogP contribution in [0.15, 0.2) is 108 Å². The lowest BCUT2D eigenvalue weighted by atomic mass is 10.1. The minimum Gasteiger partial charge on any atom is -0.505 e. The van der Waals surface area contributed by atoms with Crippen molar-refractivity contribution in [2.75, 3.05) is 12.8 Å². The Morgan fingerprint density at radius 2 is 1.39 bits per heavy atom. The minimum atomic E-state index is -5.07. The molecule has 18 heteroatoms. The van der Waals surface area contributed by atoms with Gasteiger partial charge >= 0.3 is 0 Å². The van der Waals surface area contributed by atoms with Crippen LogP contribution in [0.1, 0.15) is 5.56 Å². The number of hydrogen-bond donors (Lipinski definition) is 5. The summed E-state index contributed by atoms with van der Waals surface area (Å²) >= 11 is 0. The Balaban J connectivity index is 1.94. The normalized spacial score (nSPS) is 12.8. The zero-order valence-corrected chi connectivity index (χ0v) is 25.1. The van der Waals surface area contributed by atoms with Crippen molar-refractivity contribution in [1.29, 1.82) is 0 Å². The summed E-state index contributed by atoms with van der Waals surface area (Å²) in [7, 11) is -12.1. The third-order valence-electron chi connectivity index (χ3n) is 6.08. The van der Waals surface area contributed by atoms with Gasteiger partial charge in [-0.05, 0) is 66.5 Å². The maximum Gasteiger partial charge on any atom is 0.296 e. The maximum absolute atomic E-state index is 12.3. The quantitative estimate of drug-likeness (QED) is 0.0851. The predicted molar refractivity (Wildman–Crippen MR) is 161 cm³/mol. The highest BCUT2D eigenvalue weighted by molar-refractivity contribution is 7.94. The van der Waals surface area contributed by atoms with Crippen molar-refractivity contribution < 1.29 is 39.5 Å². The van der Waals surface area contributed by atoms with Gasteiger partial charge in [0.2, 0.25) is 0 Å². The van der Waals surface area contributed by atoms with Gasteiger partial charge in [-0.1, -0.05) is 18.7 Å². The molecule has 0 aromatic heterocycles. The minimum absolute atomic E-state index is 0.0507. The molecule has 4 aromatic rings. The number of nitrogen functional groups attached to an aromatic ring is 1. The molecule has 0 bridgehead atoms. The summed E-state index contributed by atoms with van der Waals surface area (Å²) in [6.45, 7) is 3.73. The molecule has 0 aliphatic rings. The molecule has 0 spiro atoms. The Morgan fingerprint density at radius 3 is 1.95 bits per heavy atom. The molecule has 0 fully saturated rings. The molecule has 0 atom stereocenters. The van der Waals surface area contributed by atoms with E-state index in [9.17, 15) is 39.5 Å². The van der Waals surface area contributed by atoms with Crippen LogP contribution < -0.4 is 11.1 Å². The molecule has 6 N–H and O–H groups in total. The summed E-state index contributed by atoms with van der Waals surface area (Å²) in [5.41, 5.74) is 5.42. The van der Waals surface area contributed by atoms with E-state index < -0.39 is 62.7 Å². The number of nitrogens with one attached hydrogen (secondary N) is 1. The van der Waals surface area contributed by atoms with Crippen LogP contribution in [-0.2, 0) is 36.6 Å². The summed E-state index contributed by atoms with van der Waals surface area (Å²) in [6.07, 6.45) is 0. The van der Waals surface area contributed by atoms with E-state index >= 15 is 0 Å². The molecular weight excluding hydrogens is 637 g/mol. The zero-order valence-electron chi connectivity index (χ0n) is 22.6. The van der Waals surface area contributed by atoms with E-state index in [1.807, 2.05) is 0 Å². The Hall–Kier alpha value is -4.59. The summed E-state index contributed by atoms with van der Waals surface area (Å²) < 4.78 is 92.7.